The van der Waals surface area contributed by atoms with Crippen molar-refractivity contribution in [1.29, 1.82) is 0 Å². The van der Waals surface area contributed by atoms with Crippen molar-refractivity contribution in [3.05, 3.63) is 21.6 Å². The lowest BCUT2D eigenvalue weighted by Crippen LogP contribution is -2.44. The standard InChI is InChI=1S/C16H22BrClN2O/c1-3-21-16-14(17)6-10(18)7-15(16)19-11-8-12-4-5-13(9-11)20(12)2/h6-7,11-13,19H,3-5,8-9H2,1-2H3. The van der Waals surface area contributed by atoms with E-state index in [0.717, 1.165) is 33.0 Å². The molecule has 2 fully saturated rings. The zero-order valence-electron chi connectivity index (χ0n) is 12.5. The molecule has 5 heteroatoms. The van der Waals surface area contributed by atoms with Crippen molar-refractivity contribution in [3.8, 4) is 5.75 Å². The summed E-state index contributed by atoms with van der Waals surface area (Å²) in [7, 11) is 2.26. The molecule has 2 atom stereocenters. The summed E-state index contributed by atoms with van der Waals surface area (Å²) in [6.45, 7) is 2.65. The zero-order valence-corrected chi connectivity index (χ0v) is 14.9. The highest BCUT2D eigenvalue weighted by Crippen LogP contribution is 2.40. The number of halogens is 2. The highest BCUT2D eigenvalue weighted by atomic mass is 79.9. The van der Waals surface area contributed by atoms with Gasteiger partial charge in [-0.15, -0.1) is 0 Å². The number of anilines is 1. The Kier molecular flexibility index (Phi) is 4.67. The second-order valence-corrected chi connectivity index (χ2v) is 7.35. The van der Waals surface area contributed by atoms with Crippen LogP contribution in [0.2, 0.25) is 5.02 Å². The summed E-state index contributed by atoms with van der Waals surface area (Å²) < 4.78 is 6.69. The number of piperidine rings is 1. The van der Waals surface area contributed by atoms with Crippen LogP contribution < -0.4 is 10.1 Å². The number of nitrogens with zero attached hydrogens (tertiary/aromatic N) is 1. The summed E-state index contributed by atoms with van der Waals surface area (Å²) in [5, 5.41) is 4.40. The maximum absolute atomic E-state index is 6.20. The molecule has 1 aromatic carbocycles. The van der Waals surface area contributed by atoms with Gasteiger partial charge in [-0.3, -0.25) is 0 Å². The van der Waals surface area contributed by atoms with E-state index in [2.05, 4.69) is 33.2 Å². The van der Waals surface area contributed by atoms with Gasteiger partial charge in [0, 0.05) is 23.1 Å². The summed E-state index contributed by atoms with van der Waals surface area (Å²) >= 11 is 9.75. The van der Waals surface area contributed by atoms with Crippen molar-refractivity contribution >= 4 is 33.2 Å². The summed E-state index contributed by atoms with van der Waals surface area (Å²) in [6.07, 6.45) is 5.05. The second-order valence-electron chi connectivity index (χ2n) is 6.06. The predicted octanol–water partition coefficient (Wildman–Crippen LogP) is 4.54. The van der Waals surface area contributed by atoms with E-state index < -0.39 is 0 Å². The summed E-state index contributed by atoms with van der Waals surface area (Å²) in [4.78, 5) is 2.55. The van der Waals surface area contributed by atoms with E-state index in [-0.39, 0.29) is 0 Å². The fourth-order valence-corrected chi connectivity index (χ4v) is 4.63. The van der Waals surface area contributed by atoms with Crippen molar-refractivity contribution in [2.45, 2.75) is 50.7 Å². The molecule has 0 spiro atoms. The number of ether oxygens (including phenoxy) is 1. The molecule has 0 aliphatic carbocycles. The molecule has 0 saturated carbocycles. The first-order valence-corrected chi connectivity index (χ1v) is 8.86. The molecule has 1 aromatic rings. The van der Waals surface area contributed by atoms with Crippen LogP contribution in [-0.4, -0.2) is 36.7 Å². The third kappa shape index (κ3) is 3.17. The first-order chi connectivity index (χ1) is 10.1. The topological polar surface area (TPSA) is 24.5 Å². The first kappa shape index (κ1) is 15.4. The molecule has 0 aromatic heterocycles. The normalized spacial score (nSPS) is 28.7. The molecule has 2 saturated heterocycles. The van der Waals surface area contributed by atoms with Gasteiger partial charge in [0.2, 0.25) is 0 Å². The number of hydrogen-bond donors (Lipinski definition) is 1. The number of hydrogen-bond acceptors (Lipinski definition) is 3. The maximum atomic E-state index is 6.20. The van der Waals surface area contributed by atoms with Crippen LogP contribution in [0.4, 0.5) is 5.69 Å². The van der Waals surface area contributed by atoms with Crippen LogP contribution in [0.3, 0.4) is 0 Å². The molecule has 2 unspecified atom stereocenters. The van der Waals surface area contributed by atoms with Crippen LogP contribution in [0.5, 0.6) is 5.75 Å². The monoisotopic (exact) mass is 372 g/mol. The van der Waals surface area contributed by atoms with E-state index >= 15 is 0 Å². The molecule has 2 aliphatic rings. The van der Waals surface area contributed by atoms with Gasteiger partial charge in [0.05, 0.1) is 16.8 Å². The van der Waals surface area contributed by atoms with E-state index in [1.54, 1.807) is 0 Å². The van der Waals surface area contributed by atoms with Gasteiger partial charge >= 0.3 is 0 Å². The number of fused-ring (bicyclic) bond motifs is 2. The van der Waals surface area contributed by atoms with Gasteiger partial charge in [-0.25, -0.2) is 0 Å². The number of benzene rings is 1. The third-order valence-electron chi connectivity index (χ3n) is 4.75. The minimum absolute atomic E-state index is 0.503. The molecular formula is C16H22BrClN2O. The summed E-state index contributed by atoms with van der Waals surface area (Å²) in [5.74, 6) is 0.869. The lowest BCUT2D eigenvalue weighted by atomic mass is 9.97. The van der Waals surface area contributed by atoms with Crippen molar-refractivity contribution in [2.24, 2.45) is 0 Å². The highest BCUT2D eigenvalue weighted by Gasteiger charge is 2.38. The average molecular weight is 374 g/mol. The fourth-order valence-electron chi connectivity index (χ4n) is 3.71. The van der Waals surface area contributed by atoms with Crippen LogP contribution in [0.1, 0.15) is 32.6 Å². The maximum Gasteiger partial charge on any atom is 0.156 e. The average Bonchev–Trinajstić information content (AvgIpc) is 2.65. The summed E-state index contributed by atoms with van der Waals surface area (Å²) in [5.41, 5.74) is 1.00. The Morgan fingerprint density at radius 2 is 2.00 bits per heavy atom. The van der Waals surface area contributed by atoms with Gasteiger partial charge in [-0.1, -0.05) is 11.6 Å². The van der Waals surface area contributed by atoms with Crippen LogP contribution >= 0.6 is 27.5 Å². The Morgan fingerprint density at radius 1 is 1.33 bits per heavy atom. The number of rotatable bonds is 4. The van der Waals surface area contributed by atoms with Crippen LogP contribution in [0.15, 0.2) is 16.6 Å². The molecule has 2 heterocycles. The molecule has 2 bridgehead atoms. The Morgan fingerprint density at radius 3 is 2.62 bits per heavy atom. The third-order valence-corrected chi connectivity index (χ3v) is 5.56. The van der Waals surface area contributed by atoms with Gasteiger partial charge in [-0.2, -0.15) is 0 Å². The van der Waals surface area contributed by atoms with Gasteiger partial charge in [0.1, 0.15) is 0 Å². The van der Waals surface area contributed by atoms with Crippen molar-refractivity contribution in [3.63, 3.8) is 0 Å². The molecular weight excluding hydrogens is 352 g/mol. The van der Waals surface area contributed by atoms with E-state index in [4.69, 9.17) is 16.3 Å². The molecule has 3 nitrogen and oxygen atoms in total. The highest BCUT2D eigenvalue weighted by molar-refractivity contribution is 9.10. The van der Waals surface area contributed by atoms with Crippen LogP contribution in [0.25, 0.3) is 0 Å². The number of nitrogens with one attached hydrogen (secondary N) is 1. The molecule has 0 amide bonds. The SMILES string of the molecule is CCOc1c(Br)cc(Cl)cc1NC1CC2CCC(C1)N2C. The van der Waals surface area contributed by atoms with Crippen LogP contribution in [0, 0.1) is 0 Å². The first-order valence-electron chi connectivity index (χ1n) is 7.68. The fraction of sp³-hybridized carbons (Fsp3) is 0.625. The Labute approximate surface area is 140 Å². The quantitative estimate of drug-likeness (QED) is 0.838. The van der Waals surface area contributed by atoms with E-state index in [1.807, 2.05) is 19.1 Å². The lowest BCUT2D eigenvalue weighted by Gasteiger charge is -2.37. The van der Waals surface area contributed by atoms with Crippen molar-refractivity contribution in [1.82, 2.24) is 4.90 Å². The van der Waals surface area contributed by atoms with Gasteiger partial charge < -0.3 is 15.0 Å². The molecule has 3 rings (SSSR count). The molecule has 2 aliphatic heterocycles. The molecule has 21 heavy (non-hydrogen) atoms. The van der Waals surface area contributed by atoms with E-state index in [1.165, 1.54) is 25.7 Å². The van der Waals surface area contributed by atoms with E-state index in [9.17, 15) is 0 Å². The van der Waals surface area contributed by atoms with E-state index in [0.29, 0.717) is 12.6 Å². The smallest absolute Gasteiger partial charge is 0.156 e. The molecule has 116 valence electrons. The predicted molar refractivity (Wildman–Crippen MR) is 91.5 cm³/mol. The molecule has 0 radical (unpaired) electrons. The minimum Gasteiger partial charge on any atom is -0.491 e. The Balaban J connectivity index is 1.78. The van der Waals surface area contributed by atoms with Gasteiger partial charge in [0.25, 0.3) is 0 Å². The van der Waals surface area contributed by atoms with Crippen LogP contribution in [-0.2, 0) is 0 Å². The Bertz CT molecular complexity index is 511. The zero-order chi connectivity index (χ0) is 15.0. The Hall–Kier alpha value is -0.450. The lowest BCUT2D eigenvalue weighted by molar-refractivity contribution is 0.168. The van der Waals surface area contributed by atoms with Crippen molar-refractivity contribution < 1.29 is 4.74 Å². The summed E-state index contributed by atoms with van der Waals surface area (Å²) in [6, 6.07) is 5.80. The van der Waals surface area contributed by atoms with Gasteiger partial charge in [0.15, 0.2) is 5.75 Å². The molecule has 1 N–H and O–H groups in total. The minimum atomic E-state index is 0.503. The largest absolute Gasteiger partial charge is 0.491 e. The second kappa shape index (κ2) is 6.35. The van der Waals surface area contributed by atoms with Crippen molar-refractivity contribution in [2.75, 3.05) is 19.0 Å². The van der Waals surface area contributed by atoms with Gasteiger partial charge in [-0.05, 0) is 67.7 Å².